The van der Waals surface area contributed by atoms with Gasteiger partial charge < -0.3 is 0 Å². The Balaban J connectivity index is 2.02. The zero-order valence-corrected chi connectivity index (χ0v) is 15.4. The Morgan fingerprint density at radius 1 is 1.36 bits per heavy atom. The van der Waals surface area contributed by atoms with E-state index in [1.54, 1.807) is 24.3 Å². The van der Waals surface area contributed by atoms with E-state index in [2.05, 4.69) is 33.6 Å². The third kappa shape index (κ3) is 4.29. The highest BCUT2D eigenvalue weighted by molar-refractivity contribution is 5.93. The molecule has 1 amide bonds. The zero-order valence-electron chi connectivity index (χ0n) is 15.4. The molecule has 0 radical (unpaired) electrons. The Labute approximate surface area is 151 Å². The van der Waals surface area contributed by atoms with Crippen LogP contribution in [0.5, 0.6) is 0 Å². The zero-order chi connectivity index (χ0) is 18.6. The number of amides is 1. The fourth-order valence-electron chi connectivity index (χ4n) is 3.83. The smallest absolute Gasteiger partial charge is 0.277 e. The quantitative estimate of drug-likeness (QED) is 0.436. The van der Waals surface area contributed by atoms with Crippen LogP contribution in [-0.2, 0) is 0 Å². The third-order valence-corrected chi connectivity index (χ3v) is 5.59. The number of allylic oxidation sites excluding steroid dienone is 2. The molecule has 3 heteroatoms. The molecule has 3 nitrogen and oxygen atoms in total. The van der Waals surface area contributed by atoms with Crippen LogP contribution < -0.4 is 0 Å². The monoisotopic (exact) mass is 339 g/mol. The maximum Gasteiger partial charge on any atom is 0.277 e. The number of hydroxylamine groups is 2. The molecule has 134 valence electrons. The normalized spacial score (nSPS) is 25.9. The van der Waals surface area contributed by atoms with E-state index in [0.29, 0.717) is 11.5 Å². The van der Waals surface area contributed by atoms with E-state index in [1.165, 1.54) is 0 Å². The van der Waals surface area contributed by atoms with Crippen molar-refractivity contribution in [3.63, 3.8) is 0 Å². The Bertz CT molecular complexity index is 664. The molecule has 0 spiro atoms. The molecule has 0 bridgehead atoms. The summed E-state index contributed by atoms with van der Waals surface area (Å²) in [5, 5.41) is 11.0. The van der Waals surface area contributed by atoms with E-state index in [9.17, 15) is 10.0 Å². The van der Waals surface area contributed by atoms with Crippen molar-refractivity contribution in [1.29, 1.82) is 0 Å². The second kappa shape index (κ2) is 7.83. The van der Waals surface area contributed by atoms with Gasteiger partial charge in [-0.3, -0.25) is 10.0 Å². The van der Waals surface area contributed by atoms with Gasteiger partial charge in [-0.15, -0.1) is 6.58 Å². The van der Waals surface area contributed by atoms with E-state index in [-0.39, 0.29) is 17.9 Å². The van der Waals surface area contributed by atoms with Crippen LogP contribution in [0, 0.1) is 17.3 Å². The molecule has 1 aromatic carbocycles. The average molecular weight is 339 g/mol. The van der Waals surface area contributed by atoms with Crippen LogP contribution in [0.2, 0.25) is 0 Å². The van der Waals surface area contributed by atoms with Crippen molar-refractivity contribution in [1.82, 2.24) is 5.06 Å². The van der Waals surface area contributed by atoms with Gasteiger partial charge in [0.25, 0.3) is 5.91 Å². The minimum Gasteiger partial charge on any atom is -0.285 e. The molecule has 3 atom stereocenters. The van der Waals surface area contributed by atoms with Crippen molar-refractivity contribution in [2.24, 2.45) is 17.3 Å². The first kappa shape index (κ1) is 19.2. The molecule has 0 unspecified atom stereocenters. The fraction of sp³-hybridized carbons (Fsp3) is 0.409. The first-order valence-corrected chi connectivity index (χ1v) is 8.81. The summed E-state index contributed by atoms with van der Waals surface area (Å²) in [4.78, 5) is 12.3. The lowest BCUT2D eigenvalue weighted by Gasteiger charge is -2.44. The van der Waals surface area contributed by atoms with Gasteiger partial charge >= 0.3 is 0 Å². The maximum absolute atomic E-state index is 12.3. The molecule has 0 aliphatic heterocycles. The van der Waals surface area contributed by atoms with Crippen molar-refractivity contribution >= 4 is 5.91 Å². The minimum absolute atomic E-state index is 0.0569. The molecule has 1 fully saturated rings. The second-order valence-electron chi connectivity index (χ2n) is 7.47. The largest absolute Gasteiger partial charge is 0.285 e. The highest BCUT2D eigenvalue weighted by Gasteiger charge is 2.39. The highest BCUT2D eigenvalue weighted by atomic mass is 16.5. The van der Waals surface area contributed by atoms with E-state index in [4.69, 9.17) is 0 Å². The molecule has 2 rings (SSSR count). The van der Waals surface area contributed by atoms with Gasteiger partial charge in [0.05, 0.1) is 6.54 Å². The standard InChI is InChI=1S/C22H29NO2/c1-6-22(5)13-12-19(14-20(22)16(2)3)17(4)15-23(25)21(24)18-10-8-7-9-11-18/h6-11,19-20,25H,1-2,4,12-15H2,3,5H3/t19-,20+,22-/m1/s1. The van der Waals surface area contributed by atoms with Crippen molar-refractivity contribution in [2.75, 3.05) is 6.54 Å². The Kier molecular flexibility index (Phi) is 6.02. The van der Waals surface area contributed by atoms with Gasteiger partial charge in [-0.2, -0.15) is 0 Å². The van der Waals surface area contributed by atoms with Crippen LogP contribution in [0.4, 0.5) is 0 Å². The number of carbonyl (C=O) groups is 1. The number of benzene rings is 1. The summed E-state index contributed by atoms with van der Waals surface area (Å²) in [7, 11) is 0. The molecule has 1 saturated carbocycles. The van der Waals surface area contributed by atoms with Gasteiger partial charge in [0, 0.05) is 5.56 Å². The summed E-state index contributed by atoms with van der Waals surface area (Å²) in [6, 6.07) is 8.80. The van der Waals surface area contributed by atoms with E-state index in [1.807, 2.05) is 12.1 Å². The predicted octanol–water partition coefficient (Wildman–Crippen LogP) is 5.26. The fourth-order valence-corrected chi connectivity index (χ4v) is 3.83. The maximum atomic E-state index is 12.3. The predicted molar refractivity (Wildman–Crippen MR) is 102 cm³/mol. The van der Waals surface area contributed by atoms with Gasteiger partial charge in [0.2, 0.25) is 0 Å². The van der Waals surface area contributed by atoms with Crippen LogP contribution in [0.1, 0.15) is 43.5 Å². The summed E-state index contributed by atoms with van der Waals surface area (Å²) in [6.07, 6.45) is 4.97. The number of nitrogens with zero attached hydrogens (tertiary/aromatic N) is 1. The number of rotatable bonds is 6. The number of hydrogen-bond acceptors (Lipinski definition) is 2. The molecule has 0 saturated heterocycles. The van der Waals surface area contributed by atoms with Gasteiger partial charge in [-0.25, -0.2) is 5.06 Å². The van der Waals surface area contributed by atoms with Crippen molar-refractivity contribution in [3.05, 3.63) is 72.9 Å². The van der Waals surface area contributed by atoms with Gasteiger partial charge in [0.15, 0.2) is 0 Å². The lowest BCUT2D eigenvalue weighted by Crippen LogP contribution is -2.36. The van der Waals surface area contributed by atoms with E-state index < -0.39 is 5.91 Å². The Morgan fingerprint density at radius 3 is 2.56 bits per heavy atom. The molecule has 25 heavy (non-hydrogen) atoms. The Morgan fingerprint density at radius 2 is 2.00 bits per heavy atom. The van der Waals surface area contributed by atoms with Crippen molar-refractivity contribution < 1.29 is 10.0 Å². The van der Waals surface area contributed by atoms with Gasteiger partial charge in [0.1, 0.15) is 0 Å². The molecule has 1 aliphatic rings. The molecular weight excluding hydrogens is 310 g/mol. The van der Waals surface area contributed by atoms with Gasteiger partial charge in [-0.1, -0.05) is 55.5 Å². The lowest BCUT2D eigenvalue weighted by molar-refractivity contribution is -0.0532. The molecule has 0 heterocycles. The molecule has 1 aromatic rings. The molecular formula is C22H29NO2. The van der Waals surface area contributed by atoms with Crippen molar-refractivity contribution in [2.45, 2.75) is 33.1 Å². The summed E-state index contributed by atoms with van der Waals surface area (Å²) in [6.45, 7) is 16.8. The summed E-state index contributed by atoms with van der Waals surface area (Å²) in [5.41, 5.74) is 2.58. The van der Waals surface area contributed by atoms with Crippen LogP contribution >= 0.6 is 0 Å². The first-order chi connectivity index (χ1) is 11.8. The van der Waals surface area contributed by atoms with E-state index >= 15 is 0 Å². The lowest BCUT2D eigenvalue weighted by atomic mass is 9.61. The summed E-state index contributed by atoms with van der Waals surface area (Å²) in [5.74, 6) is 0.218. The second-order valence-corrected chi connectivity index (χ2v) is 7.47. The summed E-state index contributed by atoms with van der Waals surface area (Å²) < 4.78 is 0. The third-order valence-electron chi connectivity index (χ3n) is 5.59. The molecule has 0 aromatic heterocycles. The molecule has 1 N–H and O–H groups in total. The SMILES string of the molecule is C=C[C@]1(C)CC[C@@H](C(=C)CN(O)C(=O)c2ccccc2)C[C@H]1C(=C)C. The van der Waals surface area contributed by atoms with Crippen molar-refractivity contribution in [3.8, 4) is 0 Å². The summed E-state index contributed by atoms with van der Waals surface area (Å²) >= 11 is 0. The van der Waals surface area contributed by atoms with E-state index in [0.717, 1.165) is 35.5 Å². The topological polar surface area (TPSA) is 40.5 Å². The number of hydrogen-bond donors (Lipinski definition) is 1. The van der Waals surface area contributed by atoms with Crippen LogP contribution in [0.3, 0.4) is 0 Å². The number of carbonyl (C=O) groups excluding carboxylic acids is 1. The van der Waals surface area contributed by atoms with Crippen LogP contribution in [0.25, 0.3) is 0 Å². The van der Waals surface area contributed by atoms with Crippen LogP contribution in [-0.4, -0.2) is 22.7 Å². The Hall–Kier alpha value is -2.13. The minimum atomic E-state index is -0.398. The molecule has 1 aliphatic carbocycles. The van der Waals surface area contributed by atoms with Gasteiger partial charge in [-0.05, 0) is 55.6 Å². The average Bonchev–Trinajstić information content (AvgIpc) is 2.61. The highest BCUT2D eigenvalue weighted by Crippen LogP contribution is 2.48. The van der Waals surface area contributed by atoms with Crippen LogP contribution in [0.15, 0.2) is 67.3 Å². The first-order valence-electron chi connectivity index (χ1n) is 8.81.